The fourth-order valence-electron chi connectivity index (χ4n) is 2.68. The van der Waals surface area contributed by atoms with Gasteiger partial charge in [-0.2, -0.15) is 0 Å². The Morgan fingerprint density at radius 1 is 1.38 bits per heavy atom. The van der Waals surface area contributed by atoms with E-state index in [2.05, 4.69) is 5.32 Å². The van der Waals surface area contributed by atoms with Crippen LogP contribution in [0.3, 0.4) is 0 Å². The second-order valence-electron chi connectivity index (χ2n) is 5.49. The number of hydrogen-bond acceptors (Lipinski definition) is 4. The largest absolute Gasteiger partial charge is 0.481 e. The fraction of sp³-hybridized carbons (Fsp3) is 0.600. The van der Waals surface area contributed by atoms with Crippen molar-refractivity contribution < 1.29 is 23.8 Å². The molecule has 2 heterocycles. The number of rotatable bonds is 5. The molecule has 0 aromatic carbocycles. The summed E-state index contributed by atoms with van der Waals surface area (Å²) >= 11 is 0. The number of hydrogen-bond donors (Lipinski definition) is 2. The van der Waals surface area contributed by atoms with E-state index in [-0.39, 0.29) is 18.1 Å². The predicted octanol–water partition coefficient (Wildman–Crippen LogP) is 1.90. The molecule has 1 amide bonds. The predicted molar refractivity (Wildman–Crippen MR) is 75.3 cm³/mol. The number of aryl methyl sites for hydroxylation is 2. The molecule has 6 heteroatoms. The van der Waals surface area contributed by atoms with Crippen molar-refractivity contribution in [3.05, 3.63) is 23.2 Å². The maximum absolute atomic E-state index is 12.3. The Labute approximate surface area is 123 Å². The van der Waals surface area contributed by atoms with Gasteiger partial charge in [-0.05, 0) is 31.4 Å². The summed E-state index contributed by atoms with van der Waals surface area (Å²) in [5.41, 5.74) is 0.177. The van der Waals surface area contributed by atoms with Gasteiger partial charge in [0.15, 0.2) is 5.76 Å². The van der Waals surface area contributed by atoms with Gasteiger partial charge in [-0.25, -0.2) is 0 Å². The van der Waals surface area contributed by atoms with Crippen LogP contribution in [0.2, 0.25) is 0 Å². The van der Waals surface area contributed by atoms with E-state index in [1.807, 2.05) is 13.8 Å². The van der Waals surface area contributed by atoms with Crippen molar-refractivity contribution in [2.45, 2.75) is 45.1 Å². The van der Waals surface area contributed by atoms with Crippen molar-refractivity contribution in [1.29, 1.82) is 0 Å². The summed E-state index contributed by atoms with van der Waals surface area (Å²) in [5.74, 6) is -0.275. The van der Waals surface area contributed by atoms with Crippen LogP contribution in [0.5, 0.6) is 0 Å². The Hall–Kier alpha value is -1.82. The van der Waals surface area contributed by atoms with Crippen molar-refractivity contribution >= 4 is 11.9 Å². The summed E-state index contributed by atoms with van der Waals surface area (Å²) in [6, 6.07) is 1.70. The molecule has 0 aliphatic carbocycles. The first-order chi connectivity index (χ1) is 9.96. The zero-order valence-electron chi connectivity index (χ0n) is 12.4. The lowest BCUT2D eigenvalue weighted by atomic mass is 9.86. The molecule has 0 radical (unpaired) electrons. The third-order valence-corrected chi connectivity index (χ3v) is 3.88. The Kier molecular flexibility index (Phi) is 4.67. The molecule has 1 fully saturated rings. The third kappa shape index (κ3) is 3.64. The molecule has 0 saturated carbocycles. The van der Waals surface area contributed by atoms with Crippen LogP contribution in [0.1, 0.15) is 48.1 Å². The highest BCUT2D eigenvalue weighted by molar-refractivity contribution is 5.92. The van der Waals surface area contributed by atoms with Crippen LogP contribution in [0.4, 0.5) is 0 Å². The van der Waals surface area contributed by atoms with Crippen molar-refractivity contribution in [3.8, 4) is 0 Å². The fourth-order valence-corrected chi connectivity index (χ4v) is 2.68. The van der Waals surface area contributed by atoms with E-state index in [4.69, 9.17) is 14.3 Å². The standard InChI is InChI=1S/C15H21NO5/c1-3-11-10(2)8-12(21-11)14(19)16-15(9-13(17)18)4-6-20-7-5-15/h8H,3-7,9H2,1-2H3,(H,16,19)(H,17,18). The quantitative estimate of drug-likeness (QED) is 0.866. The lowest BCUT2D eigenvalue weighted by Gasteiger charge is -2.36. The minimum Gasteiger partial charge on any atom is -0.481 e. The van der Waals surface area contributed by atoms with Crippen LogP contribution in [-0.4, -0.2) is 35.7 Å². The monoisotopic (exact) mass is 295 g/mol. The maximum Gasteiger partial charge on any atom is 0.305 e. The van der Waals surface area contributed by atoms with Crippen molar-refractivity contribution in [3.63, 3.8) is 0 Å². The van der Waals surface area contributed by atoms with Gasteiger partial charge in [0.2, 0.25) is 0 Å². The van der Waals surface area contributed by atoms with Crippen molar-refractivity contribution in [1.82, 2.24) is 5.32 Å². The minimum absolute atomic E-state index is 0.109. The van der Waals surface area contributed by atoms with E-state index >= 15 is 0 Å². The second kappa shape index (κ2) is 6.30. The number of nitrogens with one attached hydrogen (secondary N) is 1. The Morgan fingerprint density at radius 2 is 2.05 bits per heavy atom. The smallest absolute Gasteiger partial charge is 0.305 e. The van der Waals surface area contributed by atoms with Crippen LogP contribution < -0.4 is 5.32 Å². The number of ether oxygens (including phenoxy) is 1. The van der Waals surface area contributed by atoms with Crippen molar-refractivity contribution in [2.75, 3.05) is 13.2 Å². The van der Waals surface area contributed by atoms with Gasteiger partial charge in [0.25, 0.3) is 5.91 Å². The van der Waals surface area contributed by atoms with Gasteiger partial charge in [0, 0.05) is 19.6 Å². The summed E-state index contributed by atoms with van der Waals surface area (Å²) < 4.78 is 10.8. The van der Waals surface area contributed by atoms with E-state index in [1.165, 1.54) is 0 Å². The molecule has 0 unspecified atom stereocenters. The van der Waals surface area contributed by atoms with Crippen LogP contribution >= 0.6 is 0 Å². The van der Waals surface area contributed by atoms with Gasteiger partial charge < -0.3 is 19.6 Å². The van der Waals surface area contributed by atoms with Crippen LogP contribution in [0.25, 0.3) is 0 Å². The van der Waals surface area contributed by atoms with E-state index in [1.54, 1.807) is 6.07 Å². The maximum atomic E-state index is 12.3. The SMILES string of the molecule is CCc1oc(C(=O)NC2(CC(=O)O)CCOCC2)cc1C. The Bertz CT molecular complexity index is 528. The van der Waals surface area contributed by atoms with Gasteiger partial charge >= 0.3 is 5.97 Å². The number of amides is 1. The van der Waals surface area contributed by atoms with E-state index < -0.39 is 11.5 Å². The van der Waals surface area contributed by atoms with Gasteiger partial charge in [-0.15, -0.1) is 0 Å². The van der Waals surface area contributed by atoms with Crippen molar-refractivity contribution in [2.24, 2.45) is 0 Å². The lowest BCUT2D eigenvalue weighted by Crippen LogP contribution is -2.53. The molecule has 1 aliphatic rings. The normalized spacial score (nSPS) is 17.4. The second-order valence-corrected chi connectivity index (χ2v) is 5.49. The molecule has 116 valence electrons. The molecule has 1 saturated heterocycles. The molecule has 6 nitrogen and oxygen atoms in total. The molecule has 0 spiro atoms. The summed E-state index contributed by atoms with van der Waals surface area (Å²) in [7, 11) is 0. The molecule has 2 N–H and O–H groups in total. The average Bonchev–Trinajstić information content (AvgIpc) is 2.80. The minimum atomic E-state index is -0.929. The summed E-state index contributed by atoms with van der Waals surface area (Å²) in [5, 5.41) is 11.9. The first-order valence-corrected chi connectivity index (χ1v) is 7.17. The highest BCUT2D eigenvalue weighted by Gasteiger charge is 2.37. The number of furan rings is 1. The zero-order chi connectivity index (χ0) is 15.5. The van der Waals surface area contributed by atoms with Gasteiger partial charge in [0.05, 0.1) is 12.0 Å². The summed E-state index contributed by atoms with van der Waals surface area (Å²) in [6.07, 6.45) is 1.59. The third-order valence-electron chi connectivity index (χ3n) is 3.88. The van der Waals surface area contributed by atoms with E-state index in [9.17, 15) is 9.59 Å². The molecule has 21 heavy (non-hydrogen) atoms. The molecule has 1 aliphatic heterocycles. The van der Waals surface area contributed by atoms with E-state index in [0.29, 0.717) is 32.5 Å². The molecule has 0 atom stereocenters. The number of carbonyl (C=O) groups excluding carboxylic acids is 1. The summed E-state index contributed by atoms with van der Waals surface area (Å²) in [4.78, 5) is 23.4. The molecule has 1 aromatic heterocycles. The molecular formula is C15H21NO5. The Morgan fingerprint density at radius 3 is 2.57 bits per heavy atom. The summed E-state index contributed by atoms with van der Waals surface area (Å²) in [6.45, 7) is 4.74. The highest BCUT2D eigenvalue weighted by Crippen LogP contribution is 2.26. The Balaban J connectivity index is 2.15. The highest BCUT2D eigenvalue weighted by atomic mass is 16.5. The molecule has 1 aromatic rings. The lowest BCUT2D eigenvalue weighted by molar-refractivity contribution is -0.139. The van der Waals surface area contributed by atoms with Crippen LogP contribution in [-0.2, 0) is 16.0 Å². The zero-order valence-corrected chi connectivity index (χ0v) is 12.4. The first-order valence-electron chi connectivity index (χ1n) is 7.17. The van der Waals surface area contributed by atoms with Crippen LogP contribution in [0.15, 0.2) is 10.5 Å². The topological polar surface area (TPSA) is 88.8 Å². The number of carboxylic acids is 1. The van der Waals surface area contributed by atoms with Gasteiger partial charge in [-0.3, -0.25) is 9.59 Å². The van der Waals surface area contributed by atoms with Gasteiger partial charge in [0.1, 0.15) is 5.76 Å². The van der Waals surface area contributed by atoms with E-state index in [0.717, 1.165) is 11.3 Å². The molecule has 0 bridgehead atoms. The average molecular weight is 295 g/mol. The number of carboxylic acid groups (broad SMARTS) is 1. The first kappa shape index (κ1) is 15.6. The molecule has 2 rings (SSSR count). The molecular weight excluding hydrogens is 274 g/mol. The number of carbonyl (C=O) groups is 2. The van der Waals surface area contributed by atoms with Gasteiger partial charge in [-0.1, -0.05) is 6.92 Å². The number of aliphatic carboxylic acids is 1. The van der Waals surface area contributed by atoms with Crippen LogP contribution in [0, 0.1) is 6.92 Å².